The second-order valence-corrected chi connectivity index (χ2v) is 11.6. The van der Waals surface area contributed by atoms with Crippen molar-refractivity contribution in [1.82, 2.24) is 21.3 Å². The molecule has 0 bridgehead atoms. The highest BCUT2D eigenvalue weighted by Gasteiger charge is 2.26. The number of hydrogen-bond acceptors (Lipinski definition) is 5. The number of carbonyl (C=O) groups excluding carboxylic acids is 3. The maximum absolute atomic E-state index is 13.3. The molecular formula is C35H46N4O4. The normalized spacial score (nSPS) is 12.7. The van der Waals surface area contributed by atoms with Crippen LogP contribution >= 0.6 is 0 Å². The largest absolute Gasteiger partial charge is 0.392 e. The van der Waals surface area contributed by atoms with Crippen molar-refractivity contribution in [3.63, 3.8) is 0 Å². The number of β-amino-alcohol motifs (C(OH)–C–C–N with tert-alkyl or cyclic N) is 1. The zero-order chi connectivity index (χ0) is 31.2. The Morgan fingerprint density at radius 3 is 2.21 bits per heavy atom. The lowest BCUT2D eigenvalue weighted by Crippen LogP contribution is -2.51. The van der Waals surface area contributed by atoms with Crippen molar-refractivity contribution in [2.24, 2.45) is 0 Å². The van der Waals surface area contributed by atoms with Gasteiger partial charge in [-0.1, -0.05) is 72.8 Å². The number of carbonyl (C=O) groups is 3. The van der Waals surface area contributed by atoms with Crippen LogP contribution in [0.3, 0.4) is 0 Å². The Morgan fingerprint density at radius 1 is 0.860 bits per heavy atom. The smallest absolute Gasteiger partial charge is 0.251 e. The first kappa shape index (κ1) is 33.5. The summed E-state index contributed by atoms with van der Waals surface area (Å²) in [5, 5.41) is 21.6. The van der Waals surface area contributed by atoms with Crippen LogP contribution in [0.2, 0.25) is 0 Å². The molecule has 0 aliphatic heterocycles. The van der Waals surface area contributed by atoms with Crippen LogP contribution in [0.15, 0.2) is 78.9 Å². The Morgan fingerprint density at radius 2 is 1.53 bits per heavy atom. The van der Waals surface area contributed by atoms with Gasteiger partial charge in [-0.05, 0) is 75.3 Å². The summed E-state index contributed by atoms with van der Waals surface area (Å²) in [6.07, 6.45) is 1.70. The number of nitrogens with one attached hydrogen (secondary N) is 4. The van der Waals surface area contributed by atoms with Crippen molar-refractivity contribution in [3.05, 3.63) is 95.6 Å². The highest BCUT2D eigenvalue weighted by atomic mass is 16.3. The summed E-state index contributed by atoms with van der Waals surface area (Å²) < 4.78 is 0. The van der Waals surface area contributed by atoms with Crippen LogP contribution < -0.4 is 21.3 Å². The van der Waals surface area contributed by atoms with Gasteiger partial charge in [0.25, 0.3) is 5.91 Å². The van der Waals surface area contributed by atoms with Gasteiger partial charge in [0.05, 0.1) is 6.10 Å². The number of aryl methyl sites for hydroxylation is 1. The van der Waals surface area contributed by atoms with Crippen LogP contribution in [-0.2, 0) is 22.6 Å². The highest BCUT2D eigenvalue weighted by molar-refractivity contribution is 6.00. The molecule has 8 heteroatoms. The minimum atomic E-state index is -0.674. The van der Waals surface area contributed by atoms with Crippen LogP contribution in [0.4, 0.5) is 0 Å². The third-order valence-electron chi connectivity index (χ3n) is 7.17. The second kappa shape index (κ2) is 16.6. The first-order valence-corrected chi connectivity index (χ1v) is 15.1. The minimum absolute atomic E-state index is 0.114. The Balaban J connectivity index is 1.64. The van der Waals surface area contributed by atoms with Crippen molar-refractivity contribution in [2.45, 2.75) is 77.6 Å². The first-order valence-electron chi connectivity index (χ1n) is 15.1. The Bertz CT molecular complexity index is 1320. The summed E-state index contributed by atoms with van der Waals surface area (Å²) in [5.74, 6) is -0.572. The lowest BCUT2D eigenvalue weighted by atomic mass is 9.98. The molecule has 43 heavy (non-hydrogen) atoms. The van der Waals surface area contributed by atoms with E-state index in [-0.39, 0.29) is 24.1 Å². The summed E-state index contributed by atoms with van der Waals surface area (Å²) in [6, 6.07) is 24.6. The van der Waals surface area contributed by atoms with Gasteiger partial charge >= 0.3 is 0 Å². The number of aliphatic hydroxyl groups is 1. The van der Waals surface area contributed by atoms with E-state index in [0.29, 0.717) is 31.6 Å². The van der Waals surface area contributed by atoms with Gasteiger partial charge in [0, 0.05) is 37.2 Å². The number of benzene rings is 3. The van der Waals surface area contributed by atoms with E-state index in [1.807, 2.05) is 87.5 Å². The molecular weight excluding hydrogens is 540 g/mol. The van der Waals surface area contributed by atoms with Crippen molar-refractivity contribution >= 4 is 17.7 Å². The maximum atomic E-state index is 13.3. The van der Waals surface area contributed by atoms with Crippen molar-refractivity contribution in [3.8, 4) is 11.1 Å². The molecule has 2 unspecified atom stereocenters. The fourth-order valence-electron chi connectivity index (χ4n) is 4.86. The molecule has 3 aromatic carbocycles. The molecule has 3 amide bonds. The first-order chi connectivity index (χ1) is 20.6. The predicted molar refractivity (Wildman–Crippen MR) is 171 cm³/mol. The highest BCUT2D eigenvalue weighted by Crippen LogP contribution is 2.24. The summed E-state index contributed by atoms with van der Waals surface area (Å²) in [7, 11) is 0. The second-order valence-electron chi connectivity index (χ2n) is 11.6. The van der Waals surface area contributed by atoms with Crippen LogP contribution in [0, 0.1) is 0 Å². The van der Waals surface area contributed by atoms with Gasteiger partial charge in [-0.3, -0.25) is 14.4 Å². The van der Waals surface area contributed by atoms with E-state index < -0.39 is 17.7 Å². The Labute approximate surface area is 255 Å². The van der Waals surface area contributed by atoms with Gasteiger partial charge in [-0.25, -0.2) is 0 Å². The molecule has 230 valence electrons. The Hall–Kier alpha value is -4.01. The average Bonchev–Trinajstić information content (AvgIpc) is 2.99. The topological polar surface area (TPSA) is 120 Å². The SMILES string of the molecule is CCNC(=O)c1ccccc1-c1ccc(CNC(=O)C(CCCc2ccccc2)NC(=O)CC(C)(C)NCC(C)O)cc1. The van der Waals surface area contributed by atoms with Gasteiger partial charge in [0.1, 0.15) is 6.04 Å². The van der Waals surface area contributed by atoms with Gasteiger partial charge in [0.15, 0.2) is 0 Å². The molecule has 0 aliphatic rings. The van der Waals surface area contributed by atoms with Gasteiger partial charge in [-0.2, -0.15) is 0 Å². The monoisotopic (exact) mass is 586 g/mol. The van der Waals surface area contributed by atoms with E-state index >= 15 is 0 Å². The van der Waals surface area contributed by atoms with E-state index in [2.05, 4.69) is 33.4 Å². The minimum Gasteiger partial charge on any atom is -0.392 e. The average molecular weight is 587 g/mol. The molecule has 3 aromatic rings. The standard InChI is InChI=1S/C35H46N4O4/c1-5-36-33(42)30-16-10-9-15-29(30)28-20-18-27(19-21-28)24-37-34(43)31(17-11-14-26-12-7-6-8-13-26)39-32(41)22-35(3,4)38-23-25(2)40/h6-10,12-13,15-16,18-21,25,31,38,40H,5,11,14,17,22-24H2,1-4H3,(H,36,42)(H,37,43)(H,39,41). The quantitative estimate of drug-likeness (QED) is 0.171. The van der Waals surface area contributed by atoms with Crippen LogP contribution in [0.5, 0.6) is 0 Å². The maximum Gasteiger partial charge on any atom is 0.251 e. The van der Waals surface area contributed by atoms with Crippen molar-refractivity contribution in [1.29, 1.82) is 0 Å². The fraction of sp³-hybridized carbons (Fsp3) is 0.400. The number of aliphatic hydroxyl groups excluding tert-OH is 1. The lowest BCUT2D eigenvalue weighted by Gasteiger charge is -2.28. The van der Waals surface area contributed by atoms with Gasteiger partial charge < -0.3 is 26.4 Å². The van der Waals surface area contributed by atoms with Crippen LogP contribution in [-0.4, -0.2) is 53.6 Å². The Kier molecular flexibility index (Phi) is 12.9. The predicted octanol–water partition coefficient (Wildman–Crippen LogP) is 4.37. The third kappa shape index (κ3) is 11.3. The third-order valence-corrected chi connectivity index (χ3v) is 7.17. The molecule has 8 nitrogen and oxygen atoms in total. The molecule has 0 fully saturated rings. The summed E-state index contributed by atoms with van der Waals surface area (Å²) in [5.41, 5.74) is 3.93. The number of hydrogen-bond donors (Lipinski definition) is 5. The van der Waals surface area contributed by atoms with E-state index in [4.69, 9.17) is 0 Å². The molecule has 0 radical (unpaired) electrons. The molecule has 0 heterocycles. The zero-order valence-corrected chi connectivity index (χ0v) is 25.8. The number of amides is 3. The van der Waals surface area contributed by atoms with Crippen LogP contribution in [0.1, 0.15) is 68.4 Å². The summed E-state index contributed by atoms with van der Waals surface area (Å²) >= 11 is 0. The van der Waals surface area contributed by atoms with Crippen LogP contribution in [0.25, 0.3) is 11.1 Å². The summed E-state index contributed by atoms with van der Waals surface area (Å²) in [6.45, 7) is 8.61. The molecule has 0 spiro atoms. The van der Waals surface area contributed by atoms with E-state index in [9.17, 15) is 19.5 Å². The van der Waals surface area contributed by atoms with Gasteiger partial charge in [0.2, 0.25) is 11.8 Å². The number of rotatable bonds is 16. The van der Waals surface area contributed by atoms with E-state index in [0.717, 1.165) is 29.5 Å². The van der Waals surface area contributed by atoms with Crippen molar-refractivity contribution < 1.29 is 19.5 Å². The molecule has 0 saturated carbocycles. The lowest BCUT2D eigenvalue weighted by molar-refractivity contribution is -0.130. The summed E-state index contributed by atoms with van der Waals surface area (Å²) in [4.78, 5) is 38.8. The molecule has 0 aromatic heterocycles. The van der Waals surface area contributed by atoms with Gasteiger partial charge in [-0.15, -0.1) is 0 Å². The van der Waals surface area contributed by atoms with E-state index in [1.54, 1.807) is 6.92 Å². The molecule has 2 atom stereocenters. The molecule has 0 saturated heterocycles. The zero-order valence-electron chi connectivity index (χ0n) is 25.8. The van der Waals surface area contributed by atoms with Crippen molar-refractivity contribution in [2.75, 3.05) is 13.1 Å². The van der Waals surface area contributed by atoms with E-state index in [1.165, 1.54) is 5.56 Å². The fourth-order valence-corrected chi connectivity index (χ4v) is 4.86. The molecule has 3 rings (SSSR count). The molecule has 0 aliphatic carbocycles. The molecule has 5 N–H and O–H groups in total.